The minimum Gasteiger partial charge on any atom is -0.298 e. The van der Waals surface area contributed by atoms with Gasteiger partial charge in [0, 0.05) is 12.7 Å². The zero-order chi connectivity index (χ0) is 13.2. The van der Waals surface area contributed by atoms with Crippen molar-refractivity contribution in [2.75, 3.05) is 6.26 Å². The number of halogens is 1. The van der Waals surface area contributed by atoms with E-state index in [0.717, 1.165) is 6.26 Å². The molecule has 0 aliphatic heterocycles. The first kappa shape index (κ1) is 13.8. The van der Waals surface area contributed by atoms with E-state index in [2.05, 4.69) is 0 Å². The molecule has 1 atom stereocenters. The fraction of sp³-hybridized carbons (Fsp3) is 0.417. The van der Waals surface area contributed by atoms with Gasteiger partial charge in [0.25, 0.3) is 0 Å². The number of carbonyl (C=O) groups is 1. The maximum Gasteiger partial charge on any atom is 0.157 e. The average Bonchev–Trinajstić information content (AvgIpc) is 2.19. The number of ketones is 1. The lowest BCUT2D eigenvalue weighted by Crippen LogP contribution is -2.27. The minimum atomic E-state index is -3.37. The van der Waals surface area contributed by atoms with Crippen LogP contribution in [0.2, 0.25) is 0 Å². The fourth-order valence-corrected chi connectivity index (χ4v) is 1.99. The molecule has 1 aromatic rings. The largest absolute Gasteiger partial charge is 0.298 e. The number of hydrogen-bond donors (Lipinski definition) is 0. The second-order valence-electron chi connectivity index (χ2n) is 4.19. The molecule has 0 aliphatic rings. The molecule has 0 N–H and O–H groups in total. The molecule has 0 heterocycles. The molecule has 17 heavy (non-hydrogen) atoms. The van der Waals surface area contributed by atoms with Crippen LogP contribution in [0.3, 0.4) is 0 Å². The van der Waals surface area contributed by atoms with Gasteiger partial charge in [0.05, 0.1) is 0 Å². The van der Waals surface area contributed by atoms with Crippen LogP contribution >= 0.6 is 0 Å². The highest BCUT2D eigenvalue weighted by Crippen LogP contribution is 2.13. The normalized spacial score (nSPS) is 13.4. The quantitative estimate of drug-likeness (QED) is 0.825. The minimum absolute atomic E-state index is 0.0142. The Morgan fingerprint density at radius 2 is 2.00 bits per heavy atom. The summed E-state index contributed by atoms with van der Waals surface area (Å²) in [6, 6.07) is 4.10. The van der Waals surface area contributed by atoms with E-state index in [9.17, 15) is 17.6 Å². The van der Waals surface area contributed by atoms with Crippen molar-refractivity contribution in [3.8, 4) is 0 Å². The van der Waals surface area contributed by atoms with Crippen molar-refractivity contribution in [3.63, 3.8) is 0 Å². The summed E-state index contributed by atoms with van der Waals surface area (Å²) in [5.41, 5.74) is 1.31. The van der Waals surface area contributed by atoms with E-state index in [0.29, 0.717) is 11.1 Å². The third-order valence-electron chi connectivity index (χ3n) is 2.76. The molecule has 1 aromatic carbocycles. The predicted molar refractivity (Wildman–Crippen MR) is 64.2 cm³/mol. The number of carbonyl (C=O) groups excluding carboxylic acids is 1. The zero-order valence-corrected chi connectivity index (χ0v) is 10.8. The lowest BCUT2D eigenvalue weighted by atomic mass is 10.0. The Morgan fingerprint density at radius 3 is 2.47 bits per heavy atom. The maximum absolute atomic E-state index is 12.9. The molecule has 3 nitrogen and oxygen atoms in total. The Bertz CT molecular complexity index is 535. The van der Waals surface area contributed by atoms with E-state index in [4.69, 9.17) is 0 Å². The summed E-state index contributed by atoms with van der Waals surface area (Å²) in [7, 11) is -3.37. The van der Waals surface area contributed by atoms with Crippen LogP contribution in [0.5, 0.6) is 0 Å². The van der Waals surface area contributed by atoms with E-state index in [1.165, 1.54) is 25.1 Å². The van der Waals surface area contributed by atoms with Gasteiger partial charge in [-0.05, 0) is 37.1 Å². The molecule has 1 rings (SSSR count). The van der Waals surface area contributed by atoms with Gasteiger partial charge < -0.3 is 0 Å². The van der Waals surface area contributed by atoms with Crippen molar-refractivity contribution in [3.05, 3.63) is 35.1 Å². The molecule has 0 aliphatic carbocycles. The standard InChI is InChI=1S/C12H15FO3S/c1-8-6-11(13)5-4-10(8)7-12(14)9(2)17(3,15)16/h4-6,9H,7H2,1-3H3. The summed E-state index contributed by atoms with van der Waals surface area (Å²) in [6.07, 6.45) is 1.05. The molecular formula is C12H15FO3S. The Hall–Kier alpha value is -1.23. The van der Waals surface area contributed by atoms with Gasteiger partial charge in [-0.1, -0.05) is 6.07 Å². The summed E-state index contributed by atoms with van der Waals surface area (Å²) < 4.78 is 35.3. The van der Waals surface area contributed by atoms with Gasteiger partial charge in [-0.25, -0.2) is 12.8 Å². The van der Waals surface area contributed by atoms with Crippen molar-refractivity contribution >= 4 is 15.6 Å². The van der Waals surface area contributed by atoms with Gasteiger partial charge in [-0.3, -0.25) is 4.79 Å². The number of sulfone groups is 1. The first-order chi connectivity index (χ1) is 7.71. The Morgan fingerprint density at radius 1 is 1.41 bits per heavy atom. The summed E-state index contributed by atoms with van der Waals surface area (Å²) in [5.74, 6) is -0.739. The van der Waals surface area contributed by atoms with Gasteiger partial charge >= 0.3 is 0 Å². The lowest BCUT2D eigenvalue weighted by molar-refractivity contribution is -0.117. The Balaban J connectivity index is 2.89. The predicted octanol–water partition coefficient (Wildman–Crippen LogP) is 1.68. The van der Waals surface area contributed by atoms with Crippen molar-refractivity contribution in [1.29, 1.82) is 0 Å². The second kappa shape index (κ2) is 4.96. The van der Waals surface area contributed by atoms with Crippen LogP contribution in [0.25, 0.3) is 0 Å². The lowest BCUT2D eigenvalue weighted by Gasteiger charge is -2.10. The number of aryl methyl sites for hydroxylation is 1. The Kier molecular flexibility index (Phi) is 4.03. The molecule has 94 valence electrons. The van der Waals surface area contributed by atoms with Crippen LogP contribution < -0.4 is 0 Å². The van der Waals surface area contributed by atoms with E-state index in [1.54, 1.807) is 6.92 Å². The molecule has 0 radical (unpaired) electrons. The topological polar surface area (TPSA) is 51.2 Å². The number of benzene rings is 1. The van der Waals surface area contributed by atoms with E-state index in [-0.39, 0.29) is 18.0 Å². The number of hydrogen-bond acceptors (Lipinski definition) is 3. The first-order valence-corrected chi connectivity index (χ1v) is 7.14. The monoisotopic (exact) mass is 258 g/mol. The zero-order valence-electron chi connectivity index (χ0n) is 10.0. The fourth-order valence-electron chi connectivity index (χ4n) is 1.43. The average molecular weight is 258 g/mol. The van der Waals surface area contributed by atoms with E-state index >= 15 is 0 Å². The van der Waals surface area contributed by atoms with E-state index < -0.39 is 15.1 Å². The highest BCUT2D eigenvalue weighted by molar-refractivity contribution is 7.92. The summed E-state index contributed by atoms with van der Waals surface area (Å²) in [5, 5.41) is -1.02. The highest BCUT2D eigenvalue weighted by atomic mass is 32.2. The molecule has 0 bridgehead atoms. The van der Waals surface area contributed by atoms with Gasteiger partial charge in [-0.2, -0.15) is 0 Å². The van der Waals surface area contributed by atoms with Gasteiger partial charge in [0.1, 0.15) is 11.1 Å². The van der Waals surface area contributed by atoms with Crippen LogP contribution in [0, 0.1) is 12.7 Å². The smallest absolute Gasteiger partial charge is 0.157 e. The van der Waals surface area contributed by atoms with Gasteiger partial charge in [0.15, 0.2) is 15.6 Å². The molecule has 0 aromatic heterocycles. The highest BCUT2D eigenvalue weighted by Gasteiger charge is 2.23. The molecule has 1 unspecified atom stereocenters. The molecule has 0 amide bonds. The van der Waals surface area contributed by atoms with Crippen molar-refractivity contribution < 1.29 is 17.6 Å². The van der Waals surface area contributed by atoms with Crippen LogP contribution in [-0.2, 0) is 21.1 Å². The van der Waals surface area contributed by atoms with Gasteiger partial charge in [0.2, 0.25) is 0 Å². The second-order valence-corrected chi connectivity index (χ2v) is 6.55. The molecular weight excluding hydrogens is 243 g/mol. The molecule has 0 saturated carbocycles. The third-order valence-corrected chi connectivity index (χ3v) is 4.31. The Labute approximate surface area is 101 Å². The molecule has 0 spiro atoms. The van der Waals surface area contributed by atoms with Crippen molar-refractivity contribution in [2.45, 2.75) is 25.5 Å². The van der Waals surface area contributed by atoms with E-state index in [1.807, 2.05) is 0 Å². The molecule has 0 fully saturated rings. The SMILES string of the molecule is Cc1cc(F)ccc1CC(=O)C(C)S(C)(=O)=O. The van der Waals surface area contributed by atoms with Crippen molar-refractivity contribution in [2.24, 2.45) is 0 Å². The maximum atomic E-state index is 12.9. The number of Topliss-reactive ketones (excluding diaryl/α,β-unsaturated/α-hetero) is 1. The van der Waals surface area contributed by atoms with Crippen LogP contribution in [0.4, 0.5) is 4.39 Å². The summed E-state index contributed by atoms with van der Waals surface area (Å²) in [4.78, 5) is 11.7. The molecule has 5 heteroatoms. The van der Waals surface area contributed by atoms with Crippen LogP contribution in [0.1, 0.15) is 18.1 Å². The summed E-state index contributed by atoms with van der Waals surface area (Å²) in [6.45, 7) is 3.06. The third kappa shape index (κ3) is 3.63. The van der Waals surface area contributed by atoms with Gasteiger partial charge in [-0.15, -0.1) is 0 Å². The first-order valence-electron chi connectivity index (χ1n) is 5.18. The van der Waals surface area contributed by atoms with Crippen molar-refractivity contribution in [1.82, 2.24) is 0 Å². The van der Waals surface area contributed by atoms with Crippen LogP contribution in [0.15, 0.2) is 18.2 Å². The number of rotatable bonds is 4. The molecule has 0 saturated heterocycles. The summed E-state index contributed by atoms with van der Waals surface area (Å²) >= 11 is 0. The van der Waals surface area contributed by atoms with Crippen LogP contribution in [-0.4, -0.2) is 25.7 Å².